The van der Waals surface area contributed by atoms with Crippen LogP contribution in [0.3, 0.4) is 0 Å². The third-order valence-electron chi connectivity index (χ3n) is 2.81. The molecule has 0 aliphatic carbocycles. The van der Waals surface area contributed by atoms with Crippen molar-refractivity contribution in [2.24, 2.45) is 5.84 Å². The fourth-order valence-corrected chi connectivity index (χ4v) is 2.68. The molecule has 0 fully saturated rings. The van der Waals surface area contributed by atoms with Gasteiger partial charge >= 0.3 is 0 Å². The third kappa shape index (κ3) is 3.32. The maximum atomic E-state index is 5.48. The highest BCUT2D eigenvalue weighted by Crippen LogP contribution is 2.29. The molecule has 2 aromatic heterocycles. The molecule has 2 rings (SSSR count). The largest absolute Gasteiger partial charge is 0.308 e. The molecule has 0 saturated heterocycles. The van der Waals surface area contributed by atoms with E-state index in [0.717, 1.165) is 29.2 Å². The average Bonchev–Trinajstić information content (AvgIpc) is 2.88. The van der Waals surface area contributed by atoms with Gasteiger partial charge < -0.3 is 5.43 Å². The highest BCUT2D eigenvalue weighted by atomic mass is 32.1. The van der Waals surface area contributed by atoms with E-state index in [1.54, 1.807) is 11.3 Å². The molecule has 0 spiro atoms. The summed E-state index contributed by atoms with van der Waals surface area (Å²) in [5.41, 5.74) is 4.43. The summed E-state index contributed by atoms with van der Waals surface area (Å²) in [6.45, 7) is 8.57. The second-order valence-corrected chi connectivity index (χ2v) is 6.61. The fourth-order valence-electron chi connectivity index (χ4n) is 1.79. The van der Waals surface area contributed by atoms with Crippen LogP contribution in [0.2, 0.25) is 0 Å². The van der Waals surface area contributed by atoms with Gasteiger partial charge in [0.15, 0.2) is 5.82 Å². The number of aromatic nitrogens is 3. The lowest BCUT2D eigenvalue weighted by Crippen LogP contribution is -2.11. The van der Waals surface area contributed by atoms with E-state index in [9.17, 15) is 0 Å². The van der Waals surface area contributed by atoms with Crippen molar-refractivity contribution >= 4 is 17.2 Å². The number of anilines is 1. The van der Waals surface area contributed by atoms with E-state index in [1.807, 2.05) is 11.4 Å². The van der Waals surface area contributed by atoms with Crippen LogP contribution in [-0.2, 0) is 11.8 Å². The van der Waals surface area contributed by atoms with Crippen LogP contribution in [0, 0.1) is 0 Å². The molecule has 2 aromatic rings. The van der Waals surface area contributed by atoms with Crippen molar-refractivity contribution in [1.82, 2.24) is 15.0 Å². The highest BCUT2D eigenvalue weighted by Gasteiger charge is 2.19. The van der Waals surface area contributed by atoms with Gasteiger partial charge in [0.05, 0.1) is 5.01 Å². The minimum Gasteiger partial charge on any atom is -0.308 e. The number of nitrogen functional groups attached to an aromatic ring is 1. The summed E-state index contributed by atoms with van der Waals surface area (Å²) in [5, 5.41) is 3.09. The van der Waals surface area contributed by atoms with Crippen LogP contribution in [0.1, 0.15) is 44.8 Å². The van der Waals surface area contributed by atoms with Crippen LogP contribution in [0.5, 0.6) is 0 Å². The molecule has 0 atom stereocenters. The van der Waals surface area contributed by atoms with Gasteiger partial charge in [-0.1, -0.05) is 34.1 Å². The Kier molecular flexibility index (Phi) is 4.35. The van der Waals surface area contributed by atoms with Crippen molar-refractivity contribution in [3.8, 4) is 11.5 Å². The first-order valence-electron chi connectivity index (χ1n) is 6.75. The van der Waals surface area contributed by atoms with Crippen LogP contribution in [0.25, 0.3) is 11.5 Å². The van der Waals surface area contributed by atoms with Gasteiger partial charge in [-0.3, -0.25) is 0 Å². The van der Waals surface area contributed by atoms with Crippen LogP contribution in [0.15, 0.2) is 11.4 Å². The van der Waals surface area contributed by atoms with Gasteiger partial charge in [0.2, 0.25) is 0 Å². The molecule has 0 aliphatic rings. The first-order valence-corrected chi connectivity index (χ1v) is 7.63. The van der Waals surface area contributed by atoms with Crippen LogP contribution >= 0.6 is 11.3 Å². The van der Waals surface area contributed by atoms with Gasteiger partial charge in [0.25, 0.3) is 0 Å². The Morgan fingerprint density at radius 3 is 2.55 bits per heavy atom. The summed E-state index contributed by atoms with van der Waals surface area (Å²) in [7, 11) is 0. The molecule has 2 heterocycles. The van der Waals surface area contributed by atoms with Crippen molar-refractivity contribution in [3.63, 3.8) is 0 Å². The van der Waals surface area contributed by atoms with Crippen molar-refractivity contribution < 1.29 is 0 Å². The van der Waals surface area contributed by atoms with Gasteiger partial charge in [-0.15, -0.1) is 11.3 Å². The van der Waals surface area contributed by atoms with E-state index in [2.05, 4.69) is 48.1 Å². The zero-order chi connectivity index (χ0) is 14.8. The maximum Gasteiger partial charge on any atom is 0.181 e. The van der Waals surface area contributed by atoms with Crippen molar-refractivity contribution in [1.29, 1.82) is 0 Å². The predicted molar refractivity (Wildman–Crippen MR) is 83.6 cm³/mol. The first-order chi connectivity index (χ1) is 9.44. The lowest BCUT2D eigenvalue weighted by Gasteiger charge is -2.13. The molecule has 3 N–H and O–H groups in total. The number of hydrogen-bond acceptors (Lipinski definition) is 6. The molecule has 0 saturated carbocycles. The van der Waals surface area contributed by atoms with E-state index >= 15 is 0 Å². The van der Waals surface area contributed by atoms with E-state index < -0.39 is 0 Å². The first kappa shape index (κ1) is 14.9. The van der Waals surface area contributed by atoms with E-state index in [-0.39, 0.29) is 5.41 Å². The predicted octanol–water partition coefficient (Wildman–Crippen LogP) is 3.14. The second kappa shape index (κ2) is 5.85. The highest BCUT2D eigenvalue weighted by molar-refractivity contribution is 7.10. The molecular formula is C14H21N5S. The van der Waals surface area contributed by atoms with Crippen LogP contribution in [0.4, 0.5) is 5.82 Å². The molecular weight excluding hydrogens is 270 g/mol. The molecule has 20 heavy (non-hydrogen) atoms. The smallest absolute Gasteiger partial charge is 0.181 e. The molecule has 0 unspecified atom stereocenters. The second-order valence-electron chi connectivity index (χ2n) is 5.75. The number of nitrogens with two attached hydrogens (primary N) is 1. The standard InChI is InChI=1S/C14H21N5S/c1-5-6-9-7-11(19-15)18-12(16-9)10-8-20-13(17-10)14(2,3)4/h7-8H,5-6,15H2,1-4H3,(H,16,18,19). The number of rotatable bonds is 4. The molecule has 0 bridgehead atoms. The molecule has 0 aliphatic heterocycles. The molecule has 6 heteroatoms. The maximum absolute atomic E-state index is 5.48. The Labute approximate surface area is 123 Å². The van der Waals surface area contributed by atoms with E-state index in [4.69, 9.17) is 5.84 Å². The van der Waals surface area contributed by atoms with Crippen LogP contribution < -0.4 is 11.3 Å². The molecule has 0 amide bonds. The third-order valence-corrected chi connectivity index (χ3v) is 4.08. The van der Waals surface area contributed by atoms with Crippen molar-refractivity contribution in [2.75, 3.05) is 5.43 Å². The Bertz CT molecular complexity index is 585. The topological polar surface area (TPSA) is 76.7 Å². The zero-order valence-electron chi connectivity index (χ0n) is 12.4. The summed E-state index contributed by atoms with van der Waals surface area (Å²) in [6, 6.07) is 1.88. The summed E-state index contributed by atoms with van der Waals surface area (Å²) in [6.07, 6.45) is 1.94. The monoisotopic (exact) mass is 291 g/mol. The van der Waals surface area contributed by atoms with Gasteiger partial charge in [-0.25, -0.2) is 20.8 Å². The Hall–Kier alpha value is -1.53. The molecule has 0 radical (unpaired) electrons. The van der Waals surface area contributed by atoms with Gasteiger partial charge in [0, 0.05) is 22.6 Å². The number of hydrazine groups is 1. The summed E-state index contributed by atoms with van der Waals surface area (Å²) < 4.78 is 0. The number of nitrogens with zero attached hydrogens (tertiary/aromatic N) is 3. The van der Waals surface area contributed by atoms with Gasteiger partial charge in [0.1, 0.15) is 11.5 Å². The van der Waals surface area contributed by atoms with Crippen LogP contribution in [-0.4, -0.2) is 15.0 Å². The average molecular weight is 291 g/mol. The SMILES string of the molecule is CCCc1cc(NN)nc(-c2csc(C(C)(C)C)n2)n1. The lowest BCUT2D eigenvalue weighted by molar-refractivity contribution is 0.586. The fraction of sp³-hybridized carbons (Fsp3) is 0.500. The number of hydrogen-bond donors (Lipinski definition) is 2. The molecule has 5 nitrogen and oxygen atoms in total. The van der Waals surface area contributed by atoms with Gasteiger partial charge in [-0.05, 0) is 6.42 Å². The Morgan fingerprint density at radius 2 is 2.00 bits per heavy atom. The minimum absolute atomic E-state index is 0.0406. The zero-order valence-corrected chi connectivity index (χ0v) is 13.2. The lowest BCUT2D eigenvalue weighted by atomic mass is 9.98. The molecule has 108 valence electrons. The number of nitrogens with one attached hydrogen (secondary N) is 1. The van der Waals surface area contributed by atoms with E-state index in [1.165, 1.54) is 0 Å². The number of aryl methyl sites for hydroxylation is 1. The summed E-state index contributed by atoms with van der Waals surface area (Å²) in [5.74, 6) is 6.74. The molecule has 0 aromatic carbocycles. The normalized spacial score (nSPS) is 11.7. The number of thiazole rings is 1. The Balaban J connectivity index is 2.41. The summed E-state index contributed by atoms with van der Waals surface area (Å²) in [4.78, 5) is 13.6. The van der Waals surface area contributed by atoms with Gasteiger partial charge in [-0.2, -0.15) is 0 Å². The summed E-state index contributed by atoms with van der Waals surface area (Å²) >= 11 is 1.64. The minimum atomic E-state index is 0.0406. The Morgan fingerprint density at radius 1 is 1.25 bits per heavy atom. The van der Waals surface area contributed by atoms with Crippen molar-refractivity contribution in [3.05, 3.63) is 22.1 Å². The quantitative estimate of drug-likeness (QED) is 0.668. The van der Waals surface area contributed by atoms with E-state index in [0.29, 0.717) is 11.6 Å². The van der Waals surface area contributed by atoms with Crippen molar-refractivity contribution in [2.45, 2.75) is 46.0 Å².